The Bertz CT molecular complexity index is 1160. The Morgan fingerprint density at radius 1 is 1.11 bits per heavy atom. The van der Waals surface area contributed by atoms with Crippen LogP contribution in [-0.4, -0.2) is 19.9 Å². The molecule has 0 amide bonds. The number of rotatable bonds is 4. The molecule has 7 heteroatoms. The SMILES string of the molecule is CC(C)c1[nH]c(=O)c(-c2ccc(F)nc2)cc1Nc1ccnc2[nH]ccc12. The second-order valence-electron chi connectivity index (χ2n) is 6.59. The normalized spacial score (nSPS) is 11.3. The third kappa shape index (κ3) is 3.19. The van der Waals surface area contributed by atoms with Crippen LogP contribution in [-0.2, 0) is 0 Å². The van der Waals surface area contributed by atoms with Gasteiger partial charge in [-0.3, -0.25) is 4.79 Å². The summed E-state index contributed by atoms with van der Waals surface area (Å²) in [4.78, 5) is 26.6. The van der Waals surface area contributed by atoms with Crippen molar-refractivity contribution in [3.8, 4) is 11.1 Å². The number of fused-ring (bicyclic) bond motifs is 1. The van der Waals surface area contributed by atoms with Crippen LogP contribution < -0.4 is 10.9 Å². The summed E-state index contributed by atoms with van der Waals surface area (Å²) in [6, 6.07) is 8.38. The van der Waals surface area contributed by atoms with Gasteiger partial charge in [0.15, 0.2) is 0 Å². The van der Waals surface area contributed by atoms with Crippen molar-refractivity contribution in [3.05, 3.63) is 70.9 Å². The highest BCUT2D eigenvalue weighted by molar-refractivity contribution is 5.91. The van der Waals surface area contributed by atoms with E-state index in [0.717, 1.165) is 28.1 Å². The summed E-state index contributed by atoms with van der Waals surface area (Å²) >= 11 is 0. The standard InChI is InChI=1S/C20H18FN5O/c1-11(2)18-16(25-15-6-8-23-19-13(15)5-7-22-19)9-14(20(27)26-18)12-3-4-17(21)24-10-12/h3-11H,1-2H3,(H,26,27)(H2,22,23,25). The molecule has 0 aromatic carbocycles. The summed E-state index contributed by atoms with van der Waals surface area (Å²) < 4.78 is 13.1. The lowest BCUT2D eigenvalue weighted by Gasteiger charge is -2.16. The molecule has 0 spiro atoms. The maximum absolute atomic E-state index is 13.1. The number of nitrogens with one attached hydrogen (secondary N) is 3. The molecule has 27 heavy (non-hydrogen) atoms. The van der Waals surface area contributed by atoms with Gasteiger partial charge in [0, 0.05) is 35.2 Å². The Balaban J connectivity index is 1.85. The van der Waals surface area contributed by atoms with Crippen LogP contribution in [0.2, 0.25) is 0 Å². The molecule has 3 N–H and O–H groups in total. The van der Waals surface area contributed by atoms with Crippen LogP contribution in [0.5, 0.6) is 0 Å². The lowest BCUT2D eigenvalue weighted by molar-refractivity contribution is 0.584. The van der Waals surface area contributed by atoms with Gasteiger partial charge in [0.2, 0.25) is 5.95 Å². The zero-order valence-corrected chi connectivity index (χ0v) is 14.9. The number of anilines is 2. The van der Waals surface area contributed by atoms with Gasteiger partial charge in [-0.15, -0.1) is 0 Å². The molecule has 136 valence electrons. The van der Waals surface area contributed by atoms with Crippen LogP contribution in [0.3, 0.4) is 0 Å². The van der Waals surface area contributed by atoms with Gasteiger partial charge in [0.1, 0.15) is 5.65 Å². The summed E-state index contributed by atoms with van der Waals surface area (Å²) in [5.74, 6) is -0.483. The molecular formula is C20H18FN5O. The minimum atomic E-state index is -0.584. The van der Waals surface area contributed by atoms with Crippen LogP contribution >= 0.6 is 0 Å². The monoisotopic (exact) mass is 363 g/mol. The van der Waals surface area contributed by atoms with E-state index in [4.69, 9.17) is 0 Å². The molecule has 0 fully saturated rings. The van der Waals surface area contributed by atoms with Crippen LogP contribution in [0.4, 0.5) is 15.8 Å². The molecule has 0 unspecified atom stereocenters. The Morgan fingerprint density at radius 2 is 1.96 bits per heavy atom. The quantitative estimate of drug-likeness (QED) is 0.471. The minimum Gasteiger partial charge on any atom is -0.353 e. The average molecular weight is 363 g/mol. The molecule has 0 aliphatic carbocycles. The van der Waals surface area contributed by atoms with E-state index in [0.29, 0.717) is 11.1 Å². The fourth-order valence-electron chi connectivity index (χ4n) is 3.07. The zero-order chi connectivity index (χ0) is 19.0. The molecule has 4 heterocycles. The van der Waals surface area contributed by atoms with Crippen LogP contribution in [0.1, 0.15) is 25.5 Å². The number of pyridine rings is 3. The summed E-state index contributed by atoms with van der Waals surface area (Å²) in [5.41, 5.74) is 3.96. The third-order valence-electron chi connectivity index (χ3n) is 4.42. The molecule has 4 rings (SSSR count). The predicted octanol–water partition coefficient (Wildman–Crippen LogP) is 4.32. The maximum atomic E-state index is 13.1. The largest absolute Gasteiger partial charge is 0.353 e. The fourth-order valence-corrected chi connectivity index (χ4v) is 3.07. The number of hydrogen-bond acceptors (Lipinski definition) is 4. The van der Waals surface area contributed by atoms with E-state index in [9.17, 15) is 9.18 Å². The van der Waals surface area contributed by atoms with E-state index >= 15 is 0 Å². The fraction of sp³-hybridized carbons (Fsp3) is 0.150. The first-order valence-corrected chi connectivity index (χ1v) is 8.61. The predicted molar refractivity (Wildman–Crippen MR) is 104 cm³/mol. The van der Waals surface area contributed by atoms with Crippen molar-refractivity contribution >= 4 is 22.4 Å². The lowest BCUT2D eigenvalue weighted by atomic mass is 10.0. The lowest BCUT2D eigenvalue weighted by Crippen LogP contribution is -2.15. The van der Waals surface area contributed by atoms with Crippen molar-refractivity contribution in [2.45, 2.75) is 19.8 Å². The summed E-state index contributed by atoms with van der Waals surface area (Å²) in [7, 11) is 0. The van der Waals surface area contributed by atoms with Crippen LogP contribution in [0.25, 0.3) is 22.2 Å². The van der Waals surface area contributed by atoms with Gasteiger partial charge in [-0.2, -0.15) is 4.39 Å². The summed E-state index contributed by atoms with van der Waals surface area (Å²) in [6.07, 6.45) is 4.90. The first kappa shape index (κ1) is 17.0. The van der Waals surface area contributed by atoms with E-state index in [-0.39, 0.29) is 11.5 Å². The molecule has 0 saturated carbocycles. The van der Waals surface area contributed by atoms with Crippen LogP contribution in [0, 0.1) is 5.95 Å². The molecule has 0 radical (unpaired) electrons. The molecule has 0 saturated heterocycles. The second-order valence-corrected chi connectivity index (χ2v) is 6.59. The zero-order valence-electron chi connectivity index (χ0n) is 14.9. The van der Waals surface area contributed by atoms with Crippen molar-refractivity contribution in [2.75, 3.05) is 5.32 Å². The van der Waals surface area contributed by atoms with Gasteiger partial charge in [-0.05, 0) is 36.2 Å². The number of hydrogen-bond donors (Lipinski definition) is 3. The molecule has 0 bridgehead atoms. The second kappa shape index (κ2) is 6.68. The highest BCUT2D eigenvalue weighted by Gasteiger charge is 2.15. The number of H-pyrrole nitrogens is 2. The van der Waals surface area contributed by atoms with Gasteiger partial charge >= 0.3 is 0 Å². The van der Waals surface area contributed by atoms with E-state index in [1.54, 1.807) is 18.3 Å². The van der Waals surface area contributed by atoms with Gasteiger partial charge in [0.05, 0.1) is 16.9 Å². The molecule has 4 aromatic heterocycles. The molecule has 4 aromatic rings. The van der Waals surface area contributed by atoms with E-state index in [1.807, 2.05) is 32.2 Å². The molecule has 0 aliphatic rings. The maximum Gasteiger partial charge on any atom is 0.256 e. The van der Waals surface area contributed by atoms with Crippen molar-refractivity contribution in [3.63, 3.8) is 0 Å². The summed E-state index contributed by atoms with van der Waals surface area (Å²) in [6.45, 7) is 4.02. The molecule has 0 aliphatic heterocycles. The Labute approximate surface area is 154 Å². The van der Waals surface area contributed by atoms with E-state index in [1.165, 1.54) is 12.3 Å². The van der Waals surface area contributed by atoms with Gasteiger partial charge in [-0.1, -0.05) is 13.8 Å². The number of aromatic amines is 2. The average Bonchev–Trinajstić information content (AvgIpc) is 3.13. The first-order chi connectivity index (χ1) is 13.0. The van der Waals surface area contributed by atoms with Crippen molar-refractivity contribution in [2.24, 2.45) is 0 Å². The molecular weight excluding hydrogens is 345 g/mol. The number of halogens is 1. The van der Waals surface area contributed by atoms with Gasteiger partial charge in [0.25, 0.3) is 5.56 Å². The summed E-state index contributed by atoms with van der Waals surface area (Å²) in [5, 5.41) is 4.35. The van der Waals surface area contributed by atoms with Crippen molar-refractivity contribution < 1.29 is 4.39 Å². The van der Waals surface area contributed by atoms with Crippen molar-refractivity contribution in [1.29, 1.82) is 0 Å². The highest BCUT2D eigenvalue weighted by atomic mass is 19.1. The van der Waals surface area contributed by atoms with Gasteiger partial charge in [-0.25, -0.2) is 9.97 Å². The molecule has 6 nitrogen and oxygen atoms in total. The Kier molecular flexibility index (Phi) is 4.19. The third-order valence-corrected chi connectivity index (χ3v) is 4.42. The Hall–Kier alpha value is -3.48. The van der Waals surface area contributed by atoms with E-state index in [2.05, 4.69) is 25.3 Å². The highest BCUT2D eigenvalue weighted by Crippen LogP contribution is 2.30. The minimum absolute atomic E-state index is 0.101. The Morgan fingerprint density at radius 3 is 2.70 bits per heavy atom. The van der Waals surface area contributed by atoms with Crippen molar-refractivity contribution in [1.82, 2.24) is 19.9 Å². The van der Waals surface area contributed by atoms with Gasteiger partial charge < -0.3 is 15.3 Å². The molecule has 0 atom stereocenters. The first-order valence-electron chi connectivity index (χ1n) is 8.61. The topological polar surface area (TPSA) is 86.5 Å². The number of nitrogens with zero attached hydrogens (tertiary/aromatic N) is 2. The smallest absolute Gasteiger partial charge is 0.256 e. The van der Waals surface area contributed by atoms with Crippen LogP contribution in [0.15, 0.2) is 53.7 Å². The van der Waals surface area contributed by atoms with E-state index < -0.39 is 5.95 Å². The number of aromatic nitrogens is 4.